The molecule has 0 aliphatic heterocycles. The standard InChI is InChI=1S/C25H21F3/c1-3-5-7-15-8-10-16(11-9-15)19-14-20-18-13-12-17(6-4-2)23(26)21(18)22(20)25(28)24(19)27/h3,8-14H,1,4-7H2,2H3. The van der Waals surface area contributed by atoms with Crippen LogP contribution in [0.1, 0.15) is 30.9 Å². The van der Waals surface area contributed by atoms with Gasteiger partial charge in [-0.25, -0.2) is 13.2 Å². The normalized spacial score (nSPS) is 11.6. The number of benzene rings is 3. The quantitative estimate of drug-likeness (QED) is 0.305. The van der Waals surface area contributed by atoms with Crippen LogP contribution in [0.2, 0.25) is 0 Å². The summed E-state index contributed by atoms with van der Waals surface area (Å²) in [6.07, 6.45) is 4.94. The van der Waals surface area contributed by atoms with Gasteiger partial charge in [0.1, 0.15) is 5.82 Å². The minimum atomic E-state index is -0.969. The van der Waals surface area contributed by atoms with Gasteiger partial charge in [0.25, 0.3) is 0 Å². The van der Waals surface area contributed by atoms with Crippen LogP contribution in [0, 0.1) is 17.5 Å². The first kappa shape index (κ1) is 18.5. The first-order valence-corrected chi connectivity index (χ1v) is 9.61. The summed E-state index contributed by atoms with van der Waals surface area (Å²) in [7, 11) is 0. The molecule has 0 amide bonds. The van der Waals surface area contributed by atoms with Gasteiger partial charge in [-0.2, -0.15) is 0 Å². The van der Waals surface area contributed by atoms with Crippen molar-refractivity contribution in [3.63, 3.8) is 0 Å². The van der Waals surface area contributed by atoms with Crippen LogP contribution < -0.4 is 0 Å². The van der Waals surface area contributed by atoms with E-state index in [4.69, 9.17) is 0 Å². The lowest BCUT2D eigenvalue weighted by Gasteiger charge is -2.27. The minimum Gasteiger partial charge on any atom is -0.206 e. The smallest absolute Gasteiger partial charge is 0.168 e. The van der Waals surface area contributed by atoms with Crippen molar-refractivity contribution in [2.45, 2.75) is 32.6 Å². The molecule has 0 fully saturated rings. The Labute approximate surface area is 163 Å². The van der Waals surface area contributed by atoms with Gasteiger partial charge in [-0.05, 0) is 53.1 Å². The highest BCUT2D eigenvalue weighted by molar-refractivity contribution is 6.04. The number of hydrogen-bond acceptors (Lipinski definition) is 0. The van der Waals surface area contributed by atoms with Crippen molar-refractivity contribution < 1.29 is 13.2 Å². The van der Waals surface area contributed by atoms with E-state index in [1.165, 1.54) is 0 Å². The highest BCUT2D eigenvalue weighted by Gasteiger charge is 2.33. The van der Waals surface area contributed by atoms with Gasteiger partial charge in [-0.1, -0.05) is 55.8 Å². The number of fused-ring (bicyclic) bond motifs is 4. The third-order valence-electron chi connectivity index (χ3n) is 5.39. The molecule has 0 bridgehead atoms. The van der Waals surface area contributed by atoms with Gasteiger partial charge in [0.05, 0.1) is 0 Å². The topological polar surface area (TPSA) is 0 Å². The highest BCUT2D eigenvalue weighted by atomic mass is 19.2. The predicted octanol–water partition coefficient (Wildman–Crippen LogP) is 7.49. The summed E-state index contributed by atoms with van der Waals surface area (Å²) in [6, 6.07) is 12.6. The summed E-state index contributed by atoms with van der Waals surface area (Å²) in [6.45, 7) is 5.67. The zero-order valence-electron chi connectivity index (χ0n) is 15.8. The van der Waals surface area contributed by atoms with Crippen LogP contribution in [0.4, 0.5) is 13.2 Å². The lowest BCUT2D eigenvalue weighted by atomic mass is 9.77. The molecule has 142 valence electrons. The molecule has 0 unspecified atom stereocenters. The monoisotopic (exact) mass is 378 g/mol. The number of hydrogen-bond donors (Lipinski definition) is 0. The molecule has 4 rings (SSSR count). The Hall–Kier alpha value is -2.81. The SMILES string of the molecule is C=CCCc1ccc(-c2cc3c(c(F)c2F)-c2c-3ccc(CCC)c2F)cc1. The summed E-state index contributed by atoms with van der Waals surface area (Å²) in [5.74, 6) is -2.32. The largest absolute Gasteiger partial charge is 0.206 e. The van der Waals surface area contributed by atoms with Crippen LogP contribution in [0.3, 0.4) is 0 Å². The van der Waals surface area contributed by atoms with Gasteiger partial charge < -0.3 is 0 Å². The van der Waals surface area contributed by atoms with Gasteiger partial charge in [0, 0.05) is 16.7 Å². The molecule has 0 aromatic heterocycles. The Bertz CT molecular complexity index is 1060. The van der Waals surface area contributed by atoms with E-state index < -0.39 is 17.5 Å². The average Bonchev–Trinajstić information content (AvgIpc) is 2.69. The molecule has 1 aliphatic rings. The lowest BCUT2D eigenvalue weighted by molar-refractivity contribution is 0.512. The Balaban J connectivity index is 1.76. The molecule has 0 N–H and O–H groups in total. The fourth-order valence-corrected chi connectivity index (χ4v) is 3.90. The van der Waals surface area contributed by atoms with E-state index in [9.17, 15) is 13.2 Å². The van der Waals surface area contributed by atoms with E-state index in [1.807, 2.05) is 31.2 Å². The maximum absolute atomic E-state index is 14.9. The molecule has 3 heteroatoms. The van der Waals surface area contributed by atoms with E-state index in [2.05, 4.69) is 6.58 Å². The molecule has 0 heterocycles. The summed E-state index contributed by atoms with van der Waals surface area (Å²) in [5.41, 5.74) is 3.97. The molecule has 1 aliphatic carbocycles. The Morgan fingerprint density at radius 2 is 1.50 bits per heavy atom. The minimum absolute atomic E-state index is 0.0642. The van der Waals surface area contributed by atoms with E-state index in [0.717, 1.165) is 24.8 Å². The maximum atomic E-state index is 14.9. The molecule has 3 aromatic rings. The van der Waals surface area contributed by atoms with E-state index >= 15 is 0 Å². The molecule has 0 nitrogen and oxygen atoms in total. The lowest BCUT2D eigenvalue weighted by Crippen LogP contribution is -2.09. The molecule has 0 radical (unpaired) electrons. The zero-order valence-corrected chi connectivity index (χ0v) is 15.8. The van der Waals surface area contributed by atoms with Gasteiger partial charge >= 0.3 is 0 Å². The Morgan fingerprint density at radius 1 is 0.786 bits per heavy atom. The second kappa shape index (κ2) is 7.31. The van der Waals surface area contributed by atoms with Crippen molar-refractivity contribution in [1.82, 2.24) is 0 Å². The summed E-state index contributed by atoms with van der Waals surface area (Å²) in [4.78, 5) is 0. The molecular formula is C25H21F3. The molecule has 0 spiro atoms. The van der Waals surface area contributed by atoms with Crippen molar-refractivity contribution in [2.75, 3.05) is 0 Å². The molecule has 0 atom stereocenters. The maximum Gasteiger partial charge on any atom is 0.168 e. The van der Waals surface area contributed by atoms with Crippen molar-refractivity contribution in [1.29, 1.82) is 0 Å². The van der Waals surface area contributed by atoms with Crippen molar-refractivity contribution in [2.24, 2.45) is 0 Å². The van der Waals surface area contributed by atoms with Gasteiger partial charge in [-0.3, -0.25) is 0 Å². The highest BCUT2D eigenvalue weighted by Crippen LogP contribution is 2.52. The Morgan fingerprint density at radius 3 is 2.18 bits per heavy atom. The first-order chi connectivity index (χ1) is 13.6. The van der Waals surface area contributed by atoms with Crippen LogP contribution in [-0.4, -0.2) is 0 Å². The average molecular weight is 378 g/mol. The Kier molecular flexibility index (Phi) is 4.84. The molecule has 0 saturated heterocycles. The number of aryl methyl sites for hydroxylation is 2. The van der Waals surface area contributed by atoms with Gasteiger partial charge in [0.15, 0.2) is 11.6 Å². The van der Waals surface area contributed by atoms with E-state index in [-0.39, 0.29) is 16.7 Å². The van der Waals surface area contributed by atoms with E-state index in [0.29, 0.717) is 28.7 Å². The van der Waals surface area contributed by atoms with Crippen LogP contribution in [-0.2, 0) is 12.8 Å². The zero-order chi connectivity index (χ0) is 19.8. The summed E-state index contributed by atoms with van der Waals surface area (Å²) >= 11 is 0. The van der Waals surface area contributed by atoms with Crippen LogP contribution in [0.15, 0.2) is 55.1 Å². The number of allylic oxidation sites excluding steroid dienone is 1. The molecule has 28 heavy (non-hydrogen) atoms. The van der Waals surface area contributed by atoms with E-state index in [1.54, 1.807) is 24.3 Å². The predicted molar refractivity (Wildman–Crippen MR) is 109 cm³/mol. The van der Waals surface area contributed by atoms with Crippen LogP contribution in [0.5, 0.6) is 0 Å². The molecule has 3 aromatic carbocycles. The molecule has 0 saturated carbocycles. The van der Waals surface area contributed by atoms with Gasteiger partial charge in [-0.15, -0.1) is 6.58 Å². The summed E-state index contributed by atoms with van der Waals surface area (Å²) < 4.78 is 44.5. The summed E-state index contributed by atoms with van der Waals surface area (Å²) in [5, 5.41) is 0. The van der Waals surface area contributed by atoms with Crippen molar-refractivity contribution >= 4 is 0 Å². The second-order valence-corrected chi connectivity index (χ2v) is 7.21. The second-order valence-electron chi connectivity index (χ2n) is 7.21. The van der Waals surface area contributed by atoms with Crippen molar-refractivity contribution in [3.8, 4) is 33.4 Å². The van der Waals surface area contributed by atoms with Crippen molar-refractivity contribution in [3.05, 3.63) is 83.7 Å². The fraction of sp³-hybridized carbons (Fsp3) is 0.200. The number of halogens is 3. The number of rotatable bonds is 6. The first-order valence-electron chi connectivity index (χ1n) is 9.61. The van der Waals surface area contributed by atoms with Gasteiger partial charge in [0.2, 0.25) is 0 Å². The van der Waals surface area contributed by atoms with Crippen LogP contribution in [0.25, 0.3) is 33.4 Å². The third-order valence-corrected chi connectivity index (χ3v) is 5.39. The fourth-order valence-electron chi connectivity index (χ4n) is 3.90. The molecular weight excluding hydrogens is 357 g/mol. The van der Waals surface area contributed by atoms with Crippen LogP contribution >= 0.6 is 0 Å². The third kappa shape index (κ3) is 2.86.